The molecule has 1 aliphatic rings. The molecule has 0 spiro atoms. The predicted octanol–water partition coefficient (Wildman–Crippen LogP) is 3.02. The van der Waals surface area contributed by atoms with E-state index in [2.05, 4.69) is 6.92 Å². The highest BCUT2D eigenvalue weighted by atomic mass is 19.4. The fourth-order valence-electron chi connectivity index (χ4n) is 2.59. The van der Waals surface area contributed by atoms with E-state index in [1.807, 2.05) is 4.90 Å². The molecular weight excluding hydrogens is 272 g/mol. The molecule has 1 heterocycles. The van der Waals surface area contributed by atoms with Crippen LogP contribution in [0.4, 0.5) is 17.6 Å². The van der Waals surface area contributed by atoms with Gasteiger partial charge in [-0.05, 0) is 48.7 Å². The molecule has 0 radical (unpaired) electrons. The molecule has 0 aliphatic carbocycles. The van der Waals surface area contributed by atoms with E-state index in [1.165, 1.54) is 0 Å². The highest BCUT2D eigenvalue weighted by Gasteiger charge is 2.34. The lowest BCUT2D eigenvalue weighted by Gasteiger charge is -2.22. The molecule has 2 N–H and O–H groups in total. The van der Waals surface area contributed by atoms with Gasteiger partial charge in [-0.3, -0.25) is 4.90 Å². The monoisotopic (exact) mass is 290 g/mol. The van der Waals surface area contributed by atoms with Crippen LogP contribution in [0, 0.1) is 11.2 Å². The van der Waals surface area contributed by atoms with Crippen molar-refractivity contribution < 1.29 is 17.6 Å². The minimum absolute atomic E-state index is 0.000181. The molecule has 1 atom stereocenters. The fraction of sp³-hybridized carbons (Fsp3) is 0.571. The van der Waals surface area contributed by atoms with Crippen LogP contribution in [-0.2, 0) is 12.7 Å². The Bertz CT molecular complexity index is 487. The summed E-state index contributed by atoms with van der Waals surface area (Å²) in [6, 6.07) is 2.70. The average Bonchev–Trinajstić information content (AvgIpc) is 2.70. The summed E-state index contributed by atoms with van der Waals surface area (Å²) < 4.78 is 51.2. The second-order valence-electron chi connectivity index (χ2n) is 5.82. The molecule has 1 unspecified atom stereocenters. The summed E-state index contributed by atoms with van der Waals surface area (Å²) in [6.45, 7) is 4.41. The lowest BCUT2D eigenvalue weighted by Crippen LogP contribution is -2.31. The molecule has 1 aromatic rings. The van der Waals surface area contributed by atoms with Crippen LogP contribution in [-0.4, -0.2) is 24.5 Å². The smallest absolute Gasteiger partial charge is 0.330 e. The molecule has 112 valence electrons. The van der Waals surface area contributed by atoms with Crippen molar-refractivity contribution in [3.63, 3.8) is 0 Å². The van der Waals surface area contributed by atoms with Gasteiger partial charge in [-0.25, -0.2) is 4.39 Å². The average molecular weight is 290 g/mol. The molecule has 20 heavy (non-hydrogen) atoms. The first-order chi connectivity index (χ1) is 9.22. The van der Waals surface area contributed by atoms with Crippen LogP contribution in [0.25, 0.3) is 0 Å². The minimum atomic E-state index is -4.52. The zero-order chi connectivity index (χ0) is 15.0. The fourth-order valence-corrected chi connectivity index (χ4v) is 2.59. The van der Waals surface area contributed by atoms with Crippen LogP contribution in [0.2, 0.25) is 0 Å². The van der Waals surface area contributed by atoms with E-state index >= 15 is 0 Å². The van der Waals surface area contributed by atoms with Gasteiger partial charge < -0.3 is 5.73 Å². The number of hydrogen-bond acceptors (Lipinski definition) is 2. The summed E-state index contributed by atoms with van der Waals surface area (Å²) in [7, 11) is 0. The Morgan fingerprint density at radius 2 is 2.00 bits per heavy atom. The number of halogens is 4. The molecule has 0 aromatic heterocycles. The maximum atomic E-state index is 13.3. The van der Waals surface area contributed by atoms with Crippen molar-refractivity contribution in [3.05, 3.63) is 35.1 Å². The maximum absolute atomic E-state index is 13.3. The molecule has 1 saturated heterocycles. The molecule has 1 fully saturated rings. The van der Waals surface area contributed by atoms with E-state index in [-0.39, 0.29) is 5.41 Å². The minimum Gasteiger partial charge on any atom is -0.330 e. The first kappa shape index (κ1) is 15.3. The number of nitrogens with zero attached hydrogens (tertiary/aromatic N) is 1. The third-order valence-electron chi connectivity index (χ3n) is 3.82. The summed E-state index contributed by atoms with van der Waals surface area (Å²) in [6.07, 6.45) is -3.61. The number of rotatable bonds is 3. The van der Waals surface area contributed by atoms with E-state index in [0.717, 1.165) is 31.6 Å². The van der Waals surface area contributed by atoms with Crippen LogP contribution in [0.5, 0.6) is 0 Å². The van der Waals surface area contributed by atoms with Crippen LogP contribution < -0.4 is 5.73 Å². The first-order valence-electron chi connectivity index (χ1n) is 6.51. The Hall–Kier alpha value is -1.14. The molecule has 2 rings (SSSR count). The van der Waals surface area contributed by atoms with E-state index in [0.29, 0.717) is 24.7 Å². The van der Waals surface area contributed by atoms with E-state index in [9.17, 15) is 17.6 Å². The second-order valence-corrected chi connectivity index (χ2v) is 5.82. The van der Waals surface area contributed by atoms with Gasteiger partial charge in [0.2, 0.25) is 0 Å². The van der Waals surface area contributed by atoms with Crippen molar-refractivity contribution in [2.24, 2.45) is 11.1 Å². The van der Waals surface area contributed by atoms with Crippen LogP contribution >= 0.6 is 0 Å². The largest absolute Gasteiger partial charge is 0.416 e. The van der Waals surface area contributed by atoms with Crippen molar-refractivity contribution in [1.29, 1.82) is 0 Å². The third kappa shape index (κ3) is 3.49. The molecule has 1 aromatic carbocycles. The van der Waals surface area contributed by atoms with Crippen molar-refractivity contribution in [2.45, 2.75) is 26.1 Å². The van der Waals surface area contributed by atoms with Gasteiger partial charge in [0.05, 0.1) is 5.56 Å². The van der Waals surface area contributed by atoms with E-state index < -0.39 is 17.6 Å². The molecule has 2 nitrogen and oxygen atoms in total. The topological polar surface area (TPSA) is 29.3 Å². The first-order valence-corrected chi connectivity index (χ1v) is 6.51. The van der Waals surface area contributed by atoms with Gasteiger partial charge >= 0.3 is 6.18 Å². The number of alkyl halides is 3. The number of likely N-dealkylation sites (tertiary alicyclic amines) is 1. The van der Waals surface area contributed by atoms with Crippen molar-refractivity contribution in [3.8, 4) is 0 Å². The van der Waals surface area contributed by atoms with Gasteiger partial charge in [0.25, 0.3) is 0 Å². The van der Waals surface area contributed by atoms with Crippen LogP contribution in [0.1, 0.15) is 24.5 Å². The number of benzene rings is 1. The Morgan fingerprint density at radius 3 is 2.55 bits per heavy atom. The Balaban J connectivity index is 2.13. The molecule has 0 bridgehead atoms. The Kier molecular flexibility index (Phi) is 4.07. The maximum Gasteiger partial charge on any atom is 0.416 e. The summed E-state index contributed by atoms with van der Waals surface area (Å²) >= 11 is 0. The highest BCUT2D eigenvalue weighted by Crippen LogP contribution is 2.32. The number of nitrogens with two attached hydrogens (primary N) is 1. The zero-order valence-electron chi connectivity index (χ0n) is 11.3. The van der Waals surface area contributed by atoms with Gasteiger partial charge in [0.1, 0.15) is 5.82 Å². The molecule has 0 amide bonds. The molecule has 0 saturated carbocycles. The third-order valence-corrected chi connectivity index (χ3v) is 3.82. The Morgan fingerprint density at radius 1 is 1.30 bits per heavy atom. The van der Waals surface area contributed by atoms with Crippen molar-refractivity contribution >= 4 is 0 Å². The molecular formula is C14H18F4N2. The van der Waals surface area contributed by atoms with Gasteiger partial charge in [-0.1, -0.05) is 6.92 Å². The molecule has 6 heteroatoms. The summed E-state index contributed by atoms with van der Waals surface area (Å²) in [5, 5.41) is 0. The van der Waals surface area contributed by atoms with Gasteiger partial charge in [0, 0.05) is 13.1 Å². The quantitative estimate of drug-likeness (QED) is 0.867. The second kappa shape index (κ2) is 5.33. The lowest BCUT2D eigenvalue weighted by atomic mass is 9.90. The van der Waals surface area contributed by atoms with Crippen LogP contribution in [0.15, 0.2) is 18.2 Å². The van der Waals surface area contributed by atoms with Gasteiger partial charge in [-0.15, -0.1) is 0 Å². The Labute approximate surface area is 115 Å². The zero-order valence-corrected chi connectivity index (χ0v) is 11.3. The van der Waals surface area contributed by atoms with E-state index in [4.69, 9.17) is 5.73 Å². The molecule has 1 aliphatic heterocycles. The van der Waals surface area contributed by atoms with Gasteiger partial charge in [-0.2, -0.15) is 13.2 Å². The summed E-state index contributed by atoms with van der Waals surface area (Å²) in [5.74, 6) is -0.851. The van der Waals surface area contributed by atoms with E-state index in [1.54, 1.807) is 0 Å². The predicted molar refractivity (Wildman–Crippen MR) is 68.5 cm³/mol. The SMILES string of the molecule is CC1(CN)CCN(Cc2cc(F)cc(C(F)(F)F)c2)C1. The highest BCUT2D eigenvalue weighted by molar-refractivity contribution is 5.27. The van der Waals surface area contributed by atoms with Crippen molar-refractivity contribution in [2.75, 3.05) is 19.6 Å². The standard InChI is InChI=1S/C14H18F4N2/c1-13(8-19)2-3-20(9-13)7-10-4-11(14(16,17)18)6-12(15)5-10/h4-6H,2-3,7-9,19H2,1H3. The lowest BCUT2D eigenvalue weighted by molar-refractivity contribution is -0.137. The van der Waals surface area contributed by atoms with Gasteiger partial charge in [0.15, 0.2) is 0 Å². The van der Waals surface area contributed by atoms with Crippen molar-refractivity contribution in [1.82, 2.24) is 4.90 Å². The summed E-state index contributed by atoms with van der Waals surface area (Å²) in [5.41, 5.74) is 5.10. The normalized spacial score (nSPS) is 24.3. The summed E-state index contributed by atoms with van der Waals surface area (Å²) in [4.78, 5) is 2.02. The number of hydrogen-bond donors (Lipinski definition) is 1. The van der Waals surface area contributed by atoms with Crippen LogP contribution in [0.3, 0.4) is 0 Å².